The van der Waals surface area contributed by atoms with Crippen LogP contribution in [-0.2, 0) is 18.4 Å². The fraction of sp³-hybridized carbons (Fsp3) is 0.267. The van der Waals surface area contributed by atoms with Crippen LogP contribution in [0.5, 0.6) is 0 Å². The van der Waals surface area contributed by atoms with Crippen LogP contribution in [0.4, 0.5) is 4.39 Å². The van der Waals surface area contributed by atoms with Gasteiger partial charge >= 0.3 is 0 Å². The topological polar surface area (TPSA) is 76.0 Å². The van der Waals surface area contributed by atoms with Gasteiger partial charge < -0.3 is 10.6 Å². The smallest absolute Gasteiger partial charge is 0.272 e. The molecule has 0 spiro atoms. The summed E-state index contributed by atoms with van der Waals surface area (Å²) >= 11 is 0. The van der Waals surface area contributed by atoms with Gasteiger partial charge in [0.2, 0.25) is 5.91 Å². The molecule has 0 aliphatic carbocycles. The number of amides is 2. The number of benzene rings is 1. The van der Waals surface area contributed by atoms with Crippen LogP contribution in [0.3, 0.4) is 0 Å². The molecule has 0 saturated heterocycles. The maximum atomic E-state index is 12.7. The molecule has 2 N–H and O–H groups in total. The van der Waals surface area contributed by atoms with Gasteiger partial charge in [0.05, 0.1) is 6.54 Å². The van der Waals surface area contributed by atoms with Gasteiger partial charge in [-0.2, -0.15) is 5.10 Å². The highest BCUT2D eigenvalue weighted by Crippen LogP contribution is 2.02. The minimum absolute atomic E-state index is 0.143. The van der Waals surface area contributed by atoms with Gasteiger partial charge in [0, 0.05) is 19.3 Å². The van der Waals surface area contributed by atoms with E-state index in [1.54, 1.807) is 29.9 Å². The zero-order valence-electron chi connectivity index (χ0n) is 12.4. The molecule has 2 rings (SSSR count). The second kappa shape index (κ2) is 6.84. The van der Waals surface area contributed by atoms with Crippen LogP contribution >= 0.6 is 0 Å². The van der Waals surface area contributed by atoms with E-state index in [-0.39, 0.29) is 30.5 Å². The Labute approximate surface area is 127 Å². The first-order valence-corrected chi connectivity index (χ1v) is 6.75. The van der Waals surface area contributed by atoms with Crippen LogP contribution in [0.15, 0.2) is 30.3 Å². The van der Waals surface area contributed by atoms with Crippen molar-refractivity contribution in [1.29, 1.82) is 0 Å². The first kappa shape index (κ1) is 15.7. The Morgan fingerprint density at radius 3 is 2.50 bits per heavy atom. The van der Waals surface area contributed by atoms with Gasteiger partial charge in [-0.3, -0.25) is 14.3 Å². The van der Waals surface area contributed by atoms with Crippen molar-refractivity contribution < 1.29 is 14.0 Å². The first-order chi connectivity index (χ1) is 10.5. The second-order valence-corrected chi connectivity index (χ2v) is 4.88. The highest BCUT2D eigenvalue weighted by molar-refractivity contribution is 5.94. The Bertz CT molecular complexity index is 660. The predicted molar refractivity (Wildman–Crippen MR) is 78.5 cm³/mol. The number of aryl methyl sites for hydroxylation is 2. The molecular formula is C15H17FN4O2. The van der Waals surface area contributed by atoms with Gasteiger partial charge in [0.25, 0.3) is 5.91 Å². The molecule has 6 nitrogen and oxygen atoms in total. The van der Waals surface area contributed by atoms with Crippen molar-refractivity contribution in [2.75, 3.05) is 6.54 Å². The Kier molecular flexibility index (Phi) is 4.88. The molecule has 0 fully saturated rings. The summed E-state index contributed by atoms with van der Waals surface area (Å²) in [6, 6.07) is 7.47. The summed E-state index contributed by atoms with van der Waals surface area (Å²) in [5, 5.41) is 9.17. The van der Waals surface area contributed by atoms with E-state index in [9.17, 15) is 14.0 Å². The average Bonchev–Trinajstić information content (AvgIpc) is 2.84. The summed E-state index contributed by atoms with van der Waals surface area (Å²) in [7, 11) is 1.74. The summed E-state index contributed by atoms with van der Waals surface area (Å²) in [6.07, 6.45) is 0. The first-order valence-electron chi connectivity index (χ1n) is 6.75. The zero-order valence-corrected chi connectivity index (χ0v) is 12.4. The maximum Gasteiger partial charge on any atom is 0.272 e. The molecule has 0 unspecified atom stereocenters. The van der Waals surface area contributed by atoms with Gasteiger partial charge in [0.15, 0.2) is 0 Å². The lowest BCUT2D eigenvalue weighted by Crippen LogP contribution is -2.36. The third-order valence-electron chi connectivity index (χ3n) is 3.16. The summed E-state index contributed by atoms with van der Waals surface area (Å²) in [5.41, 5.74) is 1.90. The van der Waals surface area contributed by atoms with Crippen molar-refractivity contribution in [2.45, 2.75) is 13.5 Å². The van der Waals surface area contributed by atoms with Crippen LogP contribution in [0.1, 0.15) is 21.7 Å². The monoisotopic (exact) mass is 304 g/mol. The minimum Gasteiger partial charge on any atom is -0.350 e. The molecule has 2 aromatic rings. The van der Waals surface area contributed by atoms with E-state index in [0.717, 1.165) is 11.3 Å². The summed E-state index contributed by atoms with van der Waals surface area (Å²) in [4.78, 5) is 23.5. The lowest BCUT2D eigenvalue weighted by molar-refractivity contribution is -0.120. The van der Waals surface area contributed by atoms with Gasteiger partial charge in [0.1, 0.15) is 11.5 Å². The molecule has 0 atom stereocenters. The molecule has 0 saturated carbocycles. The lowest BCUT2D eigenvalue weighted by Gasteiger charge is -2.06. The van der Waals surface area contributed by atoms with Crippen LogP contribution < -0.4 is 10.6 Å². The van der Waals surface area contributed by atoms with E-state index in [1.165, 1.54) is 12.1 Å². The molecule has 0 aliphatic rings. The van der Waals surface area contributed by atoms with Crippen LogP contribution in [-0.4, -0.2) is 28.1 Å². The van der Waals surface area contributed by atoms with Crippen molar-refractivity contribution in [2.24, 2.45) is 7.05 Å². The number of carbonyl (C=O) groups is 2. The molecule has 0 bridgehead atoms. The Hall–Kier alpha value is -2.70. The molecule has 2 amide bonds. The van der Waals surface area contributed by atoms with E-state index in [4.69, 9.17) is 0 Å². The van der Waals surface area contributed by atoms with E-state index >= 15 is 0 Å². The molecule has 22 heavy (non-hydrogen) atoms. The molecule has 1 heterocycles. The van der Waals surface area contributed by atoms with Crippen molar-refractivity contribution >= 4 is 11.8 Å². The average molecular weight is 304 g/mol. The summed E-state index contributed by atoms with van der Waals surface area (Å²) < 4.78 is 14.3. The SMILES string of the molecule is Cc1cc(C(=O)NCC(=O)NCc2ccc(F)cc2)nn1C. The summed E-state index contributed by atoms with van der Waals surface area (Å²) in [5.74, 6) is -1.06. The fourth-order valence-corrected chi connectivity index (χ4v) is 1.79. The van der Waals surface area contributed by atoms with E-state index < -0.39 is 5.91 Å². The summed E-state index contributed by atoms with van der Waals surface area (Å²) in [6.45, 7) is 1.96. The predicted octanol–water partition coefficient (Wildman–Crippen LogP) is 0.914. The second-order valence-electron chi connectivity index (χ2n) is 4.88. The Balaban J connectivity index is 1.77. The zero-order chi connectivity index (χ0) is 16.1. The normalized spacial score (nSPS) is 10.3. The number of nitrogens with zero attached hydrogens (tertiary/aromatic N) is 2. The molecule has 0 radical (unpaired) electrons. The highest BCUT2D eigenvalue weighted by atomic mass is 19.1. The van der Waals surface area contributed by atoms with Gasteiger partial charge in [-0.25, -0.2) is 4.39 Å². The van der Waals surface area contributed by atoms with Crippen molar-refractivity contribution in [3.63, 3.8) is 0 Å². The number of hydrogen-bond acceptors (Lipinski definition) is 3. The van der Waals surface area contributed by atoms with Crippen LogP contribution in [0, 0.1) is 12.7 Å². The highest BCUT2D eigenvalue weighted by Gasteiger charge is 2.12. The van der Waals surface area contributed by atoms with E-state index in [2.05, 4.69) is 15.7 Å². The molecular weight excluding hydrogens is 287 g/mol. The number of hydrogen-bond donors (Lipinski definition) is 2. The maximum absolute atomic E-state index is 12.7. The van der Waals surface area contributed by atoms with Gasteiger partial charge in [-0.05, 0) is 30.7 Å². The van der Waals surface area contributed by atoms with Crippen LogP contribution in [0.25, 0.3) is 0 Å². The third-order valence-corrected chi connectivity index (χ3v) is 3.16. The van der Waals surface area contributed by atoms with Crippen molar-refractivity contribution in [3.05, 3.63) is 53.1 Å². The third kappa shape index (κ3) is 4.15. The Morgan fingerprint density at radius 1 is 1.23 bits per heavy atom. The quantitative estimate of drug-likeness (QED) is 0.862. The minimum atomic E-state index is -0.402. The molecule has 0 aliphatic heterocycles. The van der Waals surface area contributed by atoms with Gasteiger partial charge in [-0.1, -0.05) is 12.1 Å². The molecule has 7 heteroatoms. The fourth-order valence-electron chi connectivity index (χ4n) is 1.79. The number of halogens is 1. The van der Waals surface area contributed by atoms with E-state index in [0.29, 0.717) is 0 Å². The molecule has 1 aromatic heterocycles. The Morgan fingerprint density at radius 2 is 1.91 bits per heavy atom. The standard InChI is InChI=1S/C15H17FN4O2/c1-10-7-13(19-20(10)2)15(22)18-9-14(21)17-8-11-3-5-12(16)6-4-11/h3-7H,8-9H2,1-2H3,(H,17,21)(H,18,22). The van der Waals surface area contributed by atoms with Crippen LogP contribution in [0.2, 0.25) is 0 Å². The van der Waals surface area contributed by atoms with E-state index in [1.807, 2.05) is 6.92 Å². The lowest BCUT2D eigenvalue weighted by atomic mass is 10.2. The van der Waals surface area contributed by atoms with Crippen molar-refractivity contribution in [1.82, 2.24) is 20.4 Å². The largest absolute Gasteiger partial charge is 0.350 e. The number of carbonyl (C=O) groups excluding carboxylic acids is 2. The number of nitrogens with one attached hydrogen (secondary N) is 2. The van der Waals surface area contributed by atoms with Gasteiger partial charge in [-0.15, -0.1) is 0 Å². The van der Waals surface area contributed by atoms with Crippen molar-refractivity contribution in [3.8, 4) is 0 Å². The number of aromatic nitrogens is 2. The number of rotatable bonds is 5. The molecule has 116 valence electrons. The molecule has 1 aromatic carbocycles.